The van der Waals surface area contributed by atoms with Gasteiger partial charge in [-0.1, -0.05) is 269 Å². The van der Waals surface area contributed by atoms with Gasteiger partial charge in [-0.15, -0.1) is 0 Å². The number of aliphatic hydroxyl groups excluding tert-OH is 5. The zero-order valence-electron chi connectivity index (χ0n) is 45.8. The first kappa shape index (κ1) is 66.4. The second-order valence-corrected chi connectivity index (χ2v) is 21.1. The van der Waals surface area contributed by atoms with Gasteiger partial charge in [-0.25, -0.2) is 0 Å². The van der Waals surface area contributed by atoms with Crippen LogP contribution >= 0.6 is 0 Å². The molecule has 1 saturated heterocycles. The molecule has 0 aromatic rings. The summed E-state index contributed by atoms with van der Waals surface area (Å²) in [5.74, 6) is -0.176. The number of unbranched alkanes of at least 4 members (excludes halogenated alkanes) is 38. The average molecular weight is 991 g/mol. The van der Waals surface area contributed by atoms with Gasteiger partial charge in [0.2, 0.25) is 5.91 Å². The summed E-state index contributed by atoms with van der Waals surface area (Å²) >= 11 is 0. The Labute approximate surface area is 431 Å². The first-order valence-electron chi connectivity index (χ1n) is 30.2. The number of allylic oxidation sites excluding steroid dienone is 5. The fourth-order valence-electron chi connectivity index (χ4n) is 9.66. The summed E-state index contributed by atoms with van der Waals surface area (Å²) in [5.41, 5.74) is 0. The molecular formula is C61H115NO8. The minimum atomic E-state index is -1.56. The first-order chi connectivity index (χ1) is 34.3. The molecule has 1 amide bonds. The van der Waals surface area contributed by atoms with Crippen LogP contribution < -0.4 is 5.32 Å². The number of rotatable bonds is 52. The molecule has 0 saturated carbocycles. The smallest absolute Gasteiger partial charge is 0.220 e. The van der Waals surface area contributed by atoms with E-state index in [1.807, 2.05) is 6.08 Å². The van der Waals surface area contributed by atoms with Crippen molar-refractivity contribution in [1.29, 1.82) is 0 Å². The molecule has 70 heavy (non-hydrogen) atoms. The van der Waals surface area contributed by atoms with E-state index >= 15 is 0 Å². The third kappa shape index (κ3) is 39.9. The Kier molecular flexibility index (Phi) is 48.3. The predicted octanol–water partition coefficient (Wildman–Crippen LogP) is 15.1. The van der Waals surface area contributed by atoms with Crippen molar-refractivity contribution < 1.29 is 39.8 Å². The molecule has 0 aromatic carbocycles. The lowest BCUT2D eigenvalue weighted by atomic mass is 9.99. The average Bonchev–Trinajstić information content (AvgIpc) is 3.36. The fourth-order valence-corrected chi connectivity index (χ4v) is 9.66. The summed E-state index contributed by atoms with van der Waals surface area (Å²) < 4.78 is 11.2. The SMILES string of the molecule is CCCCCCCCCC/C=C/C(O)C(COC1OC(CO)C(O)C(O)C1O)NC(=O)CCCCCCCCCCCCCCCCCCC/C=C\C/C=C\CCCCCCCCCCCCCCC. The molecule has 1 aliphatic heterocycles. The molecule has 0 aromatic heterocycles. The maximum absolute atomic E-state index is 13.0. The van der Waals surface area contributed by atoms with E-state index in [1.165, 1.54) is 225 Å². The summed E-state index contributed by atoms with van der Waals surface area (Å²) in [6, 6.07) is -0.802. The molecule has 9 heteroatoms. The second-order valence-electron chi connectivity index (χ2n) is 21.1. The second kappa shape index (κ2) is 50.9. The lowest BCUT2D eigenvalue weighted by Gasteiger charge is -2.40. The molecule has 7 unspecified atom stereocenters. The van der Waals surface area contributed by atoms with Gasteiger partial charge in [-0.3, -0.25) is 4.79 Å². The van der Waals surface area contributed by atoms with Crippen LogP contribution in [0.5, 0.6) is 0 Å². The van der Waals surface area contributed by atoms with E-state index < -0.39 is 49.5 Å². The third-order valence-electron chi connectivity index (χ3n) is 14.5. The van der Waals surface area contributed by atoms with Gasteiger partial charge in [0, 0.05) is 6.42 Å². The van der Waals surface area contributed by atoms with E-state index in [-0.39, 0.29) is 12.5 Å². The lowest BCUT2D eigenvalue weighted by molar-refractivity contribution is -0.302. The van der Waals surface area contributed by atoms with Gasteiger partial charge in [-0.2, -0.15) is 0 Å². The highest BCUT2D eigenvalue weighted by molar-refractivity contribution is 5.76. The van der Waals surface area contributed by atoms with Crippen molar-refractivity contribution in [1.82, 2.24) is 5.32 Å². The van der Waals surface area contributed by atoms with Crippen molar-refractivity contribution in [3.63, 3.8) is 0 Å². The lowest BCUT2D eigenvalue weighted by Crippen LogP contribution is -2.60. The zero-order valence-corrected chi connectivity index (χ0v) is 45.8. The molecule has 1 heterocycles. The number of carbonyl (C=O) groups excluding carboxylic acids is 1. The molecule has 1 rings (SSSR count). The summed E-state index contributed by atoms with van der Waals surface area (Å²) in [6.45, 7) is 3.77. The van der Waals surface area contributed by atoms with Crippen LogP contribution in [0.2, 0.25) is 0 Å². The van der Waals surface area contributed by atoms with Crippen molar-refractivity contribution in [3.8, 4) is 0 Å². The Bertz CT molecular complexity index is 1190. The van der Waals surface area contributed by atoms with E-state index in [2.05, 4.69) is 43.5 Å². The highest BCUT2D eigenvalue weighted by Crippen LogP contribution is 2.23. The molecule has 0 bridgehead atoms. The molecule has 0 aliphatic carbocycles. The van der Waals surface area contributed by atoms with E-state index in [9.17, 15) is 30.3 Å². The number of nitrogens with one attached hydrogen (secondary N) is 1. The number of amides is 1. The highest BCUT2D eigenvalue weighted by atomic mass is 16.7. The Morgan fingerprint density at radius 3 is 1.23 bits per heavy atom. The molecule has 7 atom stereocenters. The van der Waals surface area contributed by atoms with Crippen LogP contribution in [-0.2, 0) is 14.3 Å². The molecular weight excluding hydrogens is 875 g/mol. The number of hydrogen-bond acceptors (Lipinski definition) is 8. The molecule has 1 fully saturated rings. The topological polar surface area (TPSA) is 149 Å². The van der Waals surface area contributed by atoms with E-state index in [4.69, 9.17) is 9.47 Å². The van der Waals surface area contributed by atoms with Crippen molar-refractivity contribution in [2.24, 2.45) is 0 Å². The Hall–Kier alpha value is -1.59. The standard InChI is InChI=1S/C61H115NO8/c1-3-5-7-9-11-13-15-16-17-18-19-20-21-22-23-24-25-26-27-28-29-30-31-32-33-34-35-36-37-38-39-40-41-43-45-47-49-51-57(65)62-54(53-69-61-60(68)59(67)58(66)56(52-63)70-61)55(64)50-48-46-44-42-14-12-10-8-6-4-2/h23-24,26-27,48,50,54-56,58-61,63-64,66-68H,3-22,25,28-47,49,51-53H2,1-2H3,(H,62,65)/b24-23-,27-26-,50-48+. The van der Waals surface area contributed by atoms with Gasteiger partial charge in [0.25, 0.3) is 0 Å². The zero-order chi connectivity index (χ0) is 50.8. The summed E-state index contributed by atoms with van der Waals surface area (Å²) in [6.07, 6.45) is 59.7. The van der Waals surface area contributed by atoms with Gasteiger partial charge in [0.15, 0.2) is 6.29 Å². The maximum atomic E-state index is 13.0. The number of carbonyl (C=O) groups is 1. The van der Waals surface area contributed by atoms with Crippen LogP contribution in [0.25, 0.3) is 0 Å². The van der Waals surface area contributed by atoms with Crippen molar-refractivity contribution in [3.05, 3.63) is 36.5 Å². The molecule has 6 N–H and O–H groups in total. The number of hydrogen-bond donors (Lipinski definition) is 6. The molecule has 412 valence electrons. The summed E-state index contributed by atoms with van der Waals surface area (Å²) in [5, 5.41) is 54.3. The van der Waals surface area contributed by atoms with Gasteiger partial charge in [0.05, 0.1) is 25.4 Å². The normalized spacial score (nSPS) is 19.6. The minimum absolute atomic E-state index is 0.176. The Morgan fingerprint density at radius 1 is 0.486 bits per heavy atom. The Balaban J connectivity index is 2.03. The molecule has 0 spiro atoms. The highest BCUT2D eigenvalue weighted by Gasteiger charge is 2.44. The van der Waals surface area contributed by atoms with Crippen molar-refractivity contribution in [2.45, 2.75) is 333 Å². The van der Waals surface area contributed by atoms with E-state index in [0.29, 0.717) is 6.42 Å². The number of aliphatic hydroxyl groups is 5. The Morgan fingerprint density at radius 2 is 0.843 bits per heavy atom. The van der Waals surface area contributed by atoms with Crippen LogP contribution in [0.1, 0.15) is 290 Å². The van der Waals surface area contributed by atoms with Crippen LogP contribution in [0.4, 0.5) is 0 Å². The van der Waals surface area contributed by atoms with Crippen LogP contribution in [-0.4, -0.2) is 87.5 Å². The van der Waals surface area contributed by atoms with E-state index in [1.54, 1.807) is 6.08 Å². The maximum Gasteiger partial charge on any atom is 0.220 e. The van der Waals surface area contributed by atoms with Crippen LogP contribution in [0.15, 0.2) is 36.5 Å². The number of ether oxygens (including phenoxy) is 2. The van der Waals surface area contributed by atoms with Crippen LogP contribution in [0.3, 0.4) is 0 Å². The van der Waals surface area contributed by atoms with Gasteiger partial charge >= 0.3 is 0 Å². The minimum Gasteiger partial charge on any atom is -0.394 e. The van der Waals surface area contributed by atoms with Crippen molar-refractivity contribution >= 4 is 5.91 Å². The monoisotopic (exact) mass is 990 g/mol. The van der Waals surface area contributed by atoms with E-state index in [0.717, 1.165) is 44.9 Å². The predicted molar refractivity (Wildman–Crippen MR) is 295 cm³/mol. The summed E-state index contributed by atoms with van der Waals surface area (Å²) in [4.78, 5) is 13.0. The third-order valence-corrected chi connectivity index (χ3v) is 14.5. The van der Waals surface area contributed by atoms with Crippen LogP contribution in [0, 0.1) is 0 Å². The van der Waals surface area contributed by atoms with Gasteiger partial charge in [-0.05, 0) is 51.4 Å². The summed E-state index contributed by atoms with van der Waals surface area (Å²) in [7, 11) is 0. The first-order valence-corrected chi connectivity index (χ1v) is 30.2. The van der Waals surface area contributed by atoms with Gasteiger partial charge < -0.3 is 40.3 Å². The molecule has 1 aliphatic rings. The quantitative estimate of drug-likeness (QED) is 0.0261. The van der Waals surface area contributed by atoms with Crippen molar-refractivity contribution in [2.75, 3.05) is 13.2 Å². The molecule has 9 nitrogen and oxygen atoms in total. The fraction of sp³-hybridized carbons (Fsp3) is 0.885. The largest absolute Gasteiger partial charge is 0.394 e. The molecule has 0 radical (unpaired) electrons. The van der Waals surface area contributed by atoms with Gasteiger partial charge in [0.1, 0.15) is 24.4 Å².